The third kappa shape index (κ3) is 3.48. The molecule has 0 fully saturated rings. The van der Waals surface area contributed by atoms with E-state index in [1.807, 2.05) is 0 Å². The molecule has 0 unspecified atom stereocenters. The fourth-order valence-electron chi connectivity index (χ4n) is 2.17. The van der Waals surface area contributed by atoms with Crippen LogP contribution in [-0.2, 0) is 6.61 Å². The van der Waals surface area contributed by atoms with Gasteiger partial charge >= 0.3 is 0 Å². The lowest BCUT2D eigenvalue weighted by atomic mass is 10.1. The van der Waals surface area contributed by atoms with E-state index in [1.54, 1.807) is 12.1 Å². The van der Waals surface area contributed by atoms with E-state index in [9.17, 15) is 13.6 Å². The molecule has 4 nitrogen and oxygen atoms in total. The Morgan fingerprint density at radius 3 is 2.54 bits per heavy atom. The molecular formula is C18H13F2NO3. The van der Waals surface area contributed by atoms with E-state index in [2.05, 4.69) is 4.98 Å². The van der Waals surface area contributed by atoms with Crippen molar-refractivity contribution in [2.45, 2.75) is 13.5 Å². The molecule has 0 aliphatic rings. The summed E-state index contributed by atoms with van der Waals surface area (Å²) in [6, 6.07) is 9.52. The monoisotopic (exact) mass is 329 g/mol. The zero-order valence-electron chi connectivity index (χ0n) is 12.8. The highest BCUT2D eigenvalue weighted by molar-refractivity contribution is 5.96. The molecule has 1 heterocycles. The van der Waals surface area contributed by atoms with Crippen molar-refractivity contribution in [1.29, 1.82) is 0 Å². The number of ether oxygens (including phenoxy) is 1. The van der Waals surface area contributed by atoms with Crippen molar-refractivity contribution in [3.63, 3.8) is 0 Å². The molecule has 3 aromatic rings. The average Bonchev–Trinajstić information content (AvgIpc) is 3.03. The Balaban J connectivity index is 1.74. The molecule has 0 bridgehead atoms. The third-order valence-corrected chi connectivity index (χ3v) is 3.35. The van der Waals surface area contributed by atoms with Crippen molar-refractivity contribution in [3.05, 3.63) is 71.8 Å². The highest BCUT2D eigenvalue weighted by Gasteiger charge is 2.12. The number of carbonyl (C=O) groups excluding carboxylic acids is 1. The number of aromatic nitrogens is 1. The van der Waals surface area contributed by atoms with Gasteiger partial charge in [0.25, 0.3) is 0 Å². The topological polar surface area (TPSA) is 52.3 Å². The highest BCUT2D eigenvalue weighted by atomic mass is 19.1. The number of hydrogen-bond donors (Lipinski definition) is 0. The summed E-state index contributed by atoms with van der Waals surface area (Å²) in [5, 5.41) is 0. The summed E-state index contributed by atoms with van der Waals surface area (Å²) in [6.45, 7) is 1.31. The van der Waals surface area contributed by atoms with Crippen LogP contribution in [0.1, 0.15) is 23.2 Å². The zero-order valence-corrected chi connectivity index (χ0v) is 12.8. The average molecular weight is 329 g/mol. The van der Waals surface area contributed by atoms with Gasteiger partial charge in [-0.2, -0.15) is 0 Å². The van der Waals surface area contributed by atoms with E-state index in [1.165, 1.54) is 37.4 Å². The standard InChI is InChI=1S/C18H13F2NO3/c1-11(22)15-8-14(20)6-7-16(15)23-10-18-21-9-17(24-18)12-2-4-13(19)5-3-12/h2-9H,10H2,1H3. The van der Waals surface area contributed by atoms with Crippen LogP contribution in [0.3, 0.4) is 0 Å². The summed E-state index contributed by atoms with van der Waals surface area (Å²) in [4.78, 5) is 15.6. The smallest absolute Gasteiger partial charge is 0.232 e. The van der Waals surface area contributed by atoms with Crippen molar-refractivity contribution < 1.29 is 22.7 Å². The number of Topliss-reactive ketones (excluding diaryl/α,β-unsaturated/α-hetero) is 1. The lowest BCUT2D eigenvalue weighted by molar-refractivity contribution is 0.101. The van der Waals surface area contributed by atoms with Gasteiger partial charge in [0.2, 0.25) is 5.89 Å². The second-order valence-corrected chi connectivity index (χ2v) is 5.11. The van der Waals surface area contributed by atoms with E-state index >= 15 is 0 Å². The number of hydrogen-bond acceptors (Lipinski definition) is 4. The number of carbonyl (C=O) groups is 1. The van der Waals surface area contributed by atoms with Gasteiger partial charge in [0.05, 0.1) is 11.8 Å². The molecule has 0 spiro atoms. The Morgan fingerprint density at radius 1 is 1.12 bits per heavy atom. The van der Waals surface area contributed by atoms with Crippen LogP contribution < -0.4 is 4.74 Å². The maximum Gasteiger partial charge on any atom is 0.232 e. The first kappa shape index (κ1) is 15.9. The number of nitrogens with zero attached hydrogens (tertiary/aromatic N) is 1. The minimum atomic E-state index is -0.512. The molecule has 24 heavy (non-hydrogen) atoms. The number of benzene rings is 2. The van der Waals surface area contributed by atoms with Gasteiger partial charge in [-0.1, -0.05) is 0 Å². The Kier molecular flexibility index (Phi) is 4.37. The van der Waals surface area contributed by atoms with Crippen LogP contribution >= 0.6 is 0 Å². The maximum absolute atomic E-state index is 13.2. The second-order valence-electron chi connectivity index (χ2n) is 5.11. The number of rotatable bonds is 5. The van der Waals surface area contributed by atoms with Gasteiger partial charge < -0.3 is 9.15 Å². The van der Waals surface area contributed by atoms with Crippen LogP contribution in [0.15, 0.2) is 53.1 Å². The predicted molar refractivity (Wildman–Crippen MR) is 82.6 cm³/mol. The van der Waals surface area contributed by atoms with Gasteiger partial charge in [-0.15, -0.1) is 0 Å². The fourth-order valence-corrected chi connectivity index (χ4v) is 2.17. The SMILES string of the molecule is CC(=O)c1cc(F)ccc1OCc1ncc(-c2ccc(F)cc2)o1. The first-order chi connectivity index (χ1) is 11.5. The summed E-state index contributed by atoms with van der Waals surface area (Å²) >= 11 is 0. The maximum atomic E-state index is 13.2. The molecule has 0 amide bonds. The van der Waals surface area contributed by atoms with Crippen molar-refractivity contribution in [2.75, 3.05) is 0 Å². The summed E-state index contributed by atoms with van der Waals surface area (Å²) < 4.78 is 37.2. The molecule has 6 heteroatoms. The van der Waals surface area contributed by atoms with Crippen LogP contribution in [0, 0.1) is 11.6 Å². The Hall–Kier alpha value is -3.02. The van der Waals surface area contributed by atoms with Gasteiger partial charge in [-0.05, 0) is 49.4 Å². The molecule has 0 aliphatic heterocycles. The predicted octanol–water partition coefficient (Wildman–Crippen LogP) is 4.40. The van der Waals surface area contributed by atoms with Crippen molar-refractivity contribution >= 4 is 5.78 Å². The Morgan fingerprint density at radius 2 is 1.83 bits per heavy atom. The zero-order chi connectivity index (χ0) is 17.1. The molecule has 0 radical (unpaired) electrons. The first-order valence-corrected chi connectivity index (χ1v) is 7.17. The minimum Gasteiger partial charge on any atom is -0.483 e. The summed E-state index contributed by atoms with van der Waals surface area (Å²) in [7, 11) is 0. The van der Waals surface area contributed by atoms with E-state index < -0.39 is 5.82 Å². The van der Waals surface area contributed by atoms with Crippen LogP contribution in [0.2, 0.25) is 0 Å². The molecular weight excluding hydrogens is 316 g/mol. The van der Waals surface area contributed by atoms with Crippen molar-refractivity contribution in [3.8, 4) is 17.1 Å². The number of oxazole rings is 1. The van der Waals surface area contributed by atoms with E-state index in [0.29, 0.717) is 11.3 Å². The summed E-state index contributed by atoms with van der Waals surface area (Å²) in [6.07, 6.45) is 1.50. The normalized spacial score (nSPS) is 10.6. The van der Waals surface area contributed by atoms with Crippen LogP contribution in [0.4, 0.5) is 8.78 Å². The lowest BCUT2D eigenvalue weighted by Gasteiger charge is -2.08. The fraction of sp³-hybridized carbons (Fsp3) is 0.111. The molecule has 0 aliphatic carbocycles. The molecule has 1 aromatic heterocycles. The van der Waals surface area contributed by atoms with E-state index in [0.717, 1.165) is 6.07 Å². The molecule has 0 saturated heterocycles. The van der Waals surface area contributed by atoms with Crippen molar-refractivity contribution in [1.82, 2.24) is 4.98 Å². The third-order valence-electron chi connectivity index (χ3n) is 3.35. The van der Waals surface area contributed by atoms with E-state index in [-0.39, 0.29) is 35.4 Å². The minimum absolute atomic E-state index is 0.0207. The Labute approximate surface area is 136 Å². The lowest BCUT2D eigenvalue weighted by Crippen LogP contribution is -2.02. The molecule has 3 rings (SSSR count). The largest absolute Gasteiger partial charge is 0.483 e. The second kappa shape index (κ2) is 6.62. The van der Waals surface area contributed by atoms with Crippen molar-refractivity contribution in [2.24, 2.45) is 0 Å². The van der Waals surface area contributed by atoms with E-state index in [4.69, 9.17) is 9.15 Å². The highest BCUT2D eigenvalue weighted by Crippen LogP contribution is 2.24. The van der Waals surface area contributed by atoms with Gasteiger partial charge in [-0.25, -0.2) is 13.8 Å². The quantitative estimate of drug-likeness (QED) is 0.651. The van der Waals surface area contributed by atoms with Crippen LogP contribution in [-0.4, -0.2) is 10.8 Å². The summed E-state index contributed by atoms with van der Waals surface area (Å²) in [5.74, 6) is -0.140. The summed E-state index contributed by atoms with van der Waals surface area (Å²) in [5.41, 5.74) is 0.835. The number of ketones is 1. The first-order valence-electron chi connectivity index (χ1n) is 7.17. The molecule has 0 atom stereocenters. The van der Waals surface area contributed by atoms with Gasteiger partial charge in [-0.3, -0.25) is 4.79 Å². The molecule has 0 N–H and O–H groups in total. The molecule has 2 aromatic carbocycles. The molecule has 0 saturated carbocycles. The Bertz CT molecular complexity index is 872. The van der Waals surface area contributed by atoms with Gasteiger partial charge in [0, 0.05) is 5.56 Å². The number of halogens is 2. The van der Waals surface area contributed by atoms with Gasteiger partial charge in [0.1, 0.15) is 17.4 Å². The van der Waals surface area contributed by atoms with Gasteiger partial charge in [0.15, 0.2) is 18.2 Å². The van der Waals surface area contributed by atoms with Crippen LogP contribution in [0.25, 0.3) is 11.3 Å². The van der Waals surface area contributed by atoms with Crippen LogP contribution in [0.5, 0.6) is 5.75 Å². The molecule has 122 valence electrons.